The van der Waals surface area contributed by atoms with Gasteiger partial charge in [-0.15, -0.1) is 0 Å². The minimum Gasteiger partial charge on any atom is -0.504 e. The van der Waals surface area contributed by atoms with E-state index in [1.165, 1.54) is 42.7 Å². The van der Waals surface area contributed by atoms with Gasteiger partial charge >= 0.3 is 0 Å². The summed E-state index contributed by atoms with van der Waals surface area (Å²) in [6, 6.07) is 5.34. The molecule has 0 radical (unpaired) electrons. The highest BCUT2D eigenvalue weighted by Gasteiger charge is 2.34. The molecule has 0 fully saturated rings. The van der Waals surface area contributed by atoms with Gasteiger partial charge in [-0.2, -0.15) is 0 Å². The van der Waals surface area contributed by atoms with Crippen molar-refractivity contribution < 1.29 is 78.2 Å². The number of phenols is 6. The number of methoxy groups -OCH3 is 6. The van der Waals surface area contributed by atoms with E-state index in [9.17, 15) is 49.8 Å². The molecule has 0 bridgehead atoms. The molecule has 0 aliphatic carbocycles. The molecule has 4 rings (SSSR count). The SMILES string of the molecule is COc1c(C(=O)C(=O)c2cc(O)c(O)c(O)c2)cc(-c2cc(C(=O)C(=O)c3cc(O)c(O)c(O)c3)c(OC)c(OC)c2OC)c(OC)c1OC. The van der Waals surface area contributed by atoms with Gasteiger partial charge in [0, 0.05) is 22.3 Å². The summed E-state index contributed by atoms with van der Waals surface area (Å²) >= 11 is 0. The highest BCUT2D eigenvalue weighted by atomic mass is 16.5. The van der Waals surface area contributed by atoms with Crippen LogP contribution in [-0.4, -0.2) is 96.4 Å². The van der Waals surface area contributed by atoms with E-state index < -0.39 is 79.9 Å². The monoisotopic (exact) mass is 694 g/mol. The van der Waals surface area contributed by atoms with Crippen molar-refractivity contribution in [3.8, 4) is 80.1 Å². The predicted octanol–water partition coefficient (Wildman–Crippen LogP) is 3.77. The van der Waals surface area contributed by atoms with E-state index in [4.69, 9.17) is 28.4 Å². The molecule has 4 aromatic carbocycles. The zero-order chi connectivity index (χ0) is 37.2. The van der Waals surface area contributed by atoms with E-state index in [0.717, 1.165) is 36.4 Å². The van der Waals surface area contributed by atoms with Gasteiger partial charge in [-0.25, -0.2) is 0 Å². The second-order valence-corrected chi connectivity index (χ2v) is 10.2. The molecule has 0 atom stereocenters. The highest BCUT2D eigenvalue weighted by molar-refractivity contribution is 6.50. The third-order valence-corrected chi connectivity index (χ3v) is 7.46. The quantitative estimate of drug-likeness (QED) is 0.0662. The molecule has 0 spiro atoms. The Kier molecular flexibility index (Phi) is 10.2. The van der Waals surface area contributed by atoms with Gasteiger partial charge in [0.15, 0.2) is 57.5 Å². The van der Waals surface area contributed by atoms with Crippen molar-refractivity contribution in [1.82, 2.24) is 0 Å². The Labute approximate surface area is 282 Å². The van der Waals surface area contributed by atoms with Crippen LogP contribution in [0, 0.1) is 0 Å². The number of ether oxygens (including phenoxy) is 6. The number of ketones is 4. The highest BCUT2D eigenvalue weighted by Crippen LogP contribution is 2.53. The number of carbonyl (C=O) groups excluding carboxylic acids is 4. The van der Waals surface area contributed by atoms with Gasteiger partial charge in [0.25, 0.3) is 0 Å². The molecule has 0 aromatic heterocycles. The minimum absolute atomic E-state index is 0.0723. The molecule has 0 heterocycles. The summed E-state index contributed by atoms with van der Waals surface area (Å²) in [5, 5.41) is 59.2. The Morgan fingerprint density at radius 2 is 0.640 bits per heavy atom. The van der Waals surface area contributed by atoms with Crippen molar-refractivity contribution in [2.45, 2.75) is 0 Å². The van der Waals surface area contributed by atoms with E-state index >= 15 is 0 Å². The lowest BCUT2D eigenvalue weighted by atomic mass is 9.91. The predicted molar refractivity (Wildman–Crippen MR) is 171 cm³/mol. The maximum Gasteiger partial charge on any atom is 0.237 e. The van der Waals surface area contributed by atoms with Gasteiger partial charge in [0.2, 0.25) is 34.6 Å². The first-order valence-corrected chi connectivity index (χ1v) is 14.0. The molecular weight excluding hydrogens is 664 g/mol. The fraction of sp³-hybridized carbons (Fsp3) is 0.176. The van der Waals surface area contributed by atoms with Crippen LogP contribution in [0.5, 0.6) is 69.0 Å². The molecule has 0 saturated carbocycles. The number of carbonyl (C=O) groups is 4. The number of rotatable bonds is 13. The van der Waals surface area contributed by atoms with Crippen LogP contribution in [-0.2, 0) is 0 Å². The van der Waals surface area contributed by atoms with Crippen LogP contribution in [0.3, 0.4) is 0 Å². The molecule has 16 heteroatoms. The molecule has 0 aliphatic rings. The molecule has 0 aliphatic heterocycles. The number of hydrogen-bond acceptors (Lipinski definition) is 16. The number of aromatic hydroxyl groups is 6. The number of Topliss-reactive ketones (excluding diaryl/α,β-unsaturated/α-hetero) is 4. The fourth-order valence-electron chi connectivity index (χ4n) is 5.14. The van der Waals surface area contributed by atoms with E-state index in [1.54, 1.807) is 0 Å². The van der Waals surface area contributed by atoms with Crippen molar-refractivity contribution in [2.24, 2.45) is 0 Å². The number of benzene rings is 4. The number of phenolic OH excluding ortho intramolecular Hbond substituents is 6. The lowest BCUT2D eigenvalue weighted by molar-refractivity contribution is 0.0814. The van der Waals surface area contributed by atoms with Crippen LogP contribution in [0.25, 0.3) is 11.1 Å². The van der Waals surface area contributed by atoms with Crippen LogP contribution >= 0.6 is 0 Å². The van der Waals surface area contributed by atoms with Crippen LogP contribution in [0.15, 0.2) is 36.4 Å². The molecule has 0 amide bonds. The van der Waals surface area contributed by atoms with Crippen molar-refractivity contribution in [1.29, 1.82) is 0 Å². The summed E-state index contributed by atoms with van der Waals surface area (Å²) in [5.74, 6) is -11.5. The Balaban J connectivity index is 2.05. The van der Waals surface area contributed by atoms with Crippen molar-refractivity contribution in [3.63, 3.8) is 0 Å². The number of hydrogen-bond donors (Lipinski definition) is 6. The van der Waals surface area contributed by atoms with Gasteiger partial charge < -0.3 is 59.1 Å². The van der Waals surface area contributed by atoms with Gasteiger partial charge in [-0.1, -0.05) is 0 Å². The molecule has 50 heavy (non-hydrogen) atoms. The third kappa shape index (κ3) is 6.00. The molecule has 16 nitrogen and oxygen atoms in total. The second kappa shape index (κ2) is 14.1. The van der Waals surface area contributed by atoms with E-state index in [-0.39, 0.29) is 45.6 Å². The van der Waals surface area contributed by atoms with Crippen molar-refractivity contribution in [2.75, 3.05) is 42.7 Å². The fourth-order valence-corrected chi connectivity index (χ4v) is 5.14. The van der Waals surface area contributed by atoms with Gasteiger partial charge in [-0.05, 0) is 36.4 Å². The third-order valence-electron chi connectivity index (χ3n) is 7.46. The van der Waals surface area contributed by atoms with E-state index in [0.29, 0.717) is 0 Å². The summed E-state index contributed by atoms with van der Waals surface area (Å²) in [4.78, 5) is 54.3. The standard InChI is InChI=1S/C34H30O16/c1-45-29-15(11-17(31(47-3)33(29)49-5)25(41)23(39)13-7-19(35)27(43)20(36)8-13)16-12-18(32(48-4)34(50-6)30(16)46-2)26(42)24(40)14-9-21(37)28(44)22(38)10-14/h7-12,35-38,43-44H,1-6H3. The van der Waals surface area contributed by atoms with Crippen LogP contribution in [0.2, 0.25) is 0 Å². The average Bonchev–Trinajstić information content (AvgIpc) is 3.12. The molecule has 0 saturated heterocycles. The Morgan fingerprint density at radius 1 is 0.380 bits per heavy atom. The summed E-state index contributed by atoms with van der Waals surface area (Å²) in [6.45, 7) is 0. The summed E-state index contributed by atoms with van der Waals surface area (Å²) in [5.41, 5.74) is -2.01. The van der Waals surface area contributed by atoms with Crippen LogP contribution in [0.1, 0.15) is 41.4 Å². The van der Waals surface area contributed by atoms with E-state index in [2.05, 4.69) is 0 Å². The lowest BCUT2D eigenvalue weighted by Gasteiger charge is -2.22. The average molecular weight is 695 g/mol. The van der Waals surface area contributed by atoms with E-state index in [1.807, 2.05) is 0 Å². The molecule has 6 N–H and O–H groups in total. The summed E-state index contributed by atoms with van der Waals surface area (Å²) < 4.78 is 33.1. The minimum atomic E-state index is -1.26. The second-order valence-electron chi connectivity index (χ2n) is 10.2. The summed E-state index contributed by atoms with van der Waals surface area (Å²) in [7, 11) is 7.24. The Hall–Kier alpha value is -6.84. The maximum atomic E-state index is 13.8. The first kappa shape index (κ1) is 36.0. The van der Waals surface area contributed by atoms with Gasteiger partial charge in [0.1, 0.15) is 0 Å². The van der Waals surface area contributed by atoms with Crippen LogP contribution < -0.4 is 28.4 Å². The first-order chi connectivity index (χ1) is 23.7. The zero-order valence-corrected chi connectivity index (χ0v) is 27.2. The Bertz CT molecular complexity index is 1870. The van der Waals surface area contributed by atoms with Crippen LogP contribution in [0.4, 0.5) is 0 Å². The molecule has 4 aromatic rings. The zero-order valence-electron chi connectivity index (χ0n) is 27.2. The summed E-state index contributed by atoms with van der Waals surface area (Å²) in [6.07, 6.45) is 0. The largest absolute Gasteiger partial charge is 0.504 e. The molecule has 0 unspecified atom stereocenters. The topological polar surface area (TPSA) is 245 Å². The first-order valence-electron chi connectivity index (χ1n) is 14.0. The molecule has 262 valence electrons. The lowest BCUT2D eigenvalue weighted by Crippen LogP contribution is -2.17. The molecular formula is C34H30O16. The van der Waals surface area contributed by atoms with Gasteiger partial charge in [0.05, 0.1) is 53.8 Å². The Morgan fingerprint density at radius 3 is 0.880 bits per heavy atom. The van der Waals surface area contributed by atoms with Crippen molar-refractivity contribution in [3.05, 3.63) is 58.7 Å². The van der Waals surface area contributed by atoms with Crippen molar-refractivity contribution >= 4 is 23.1 Å². The normalized spacial score (nSPS) is 10.6. The maximum absolute atomic E-state index is 13.8. The smallest absolute Gasteiger partial charge is 0.237 e. The van der Waals surface area contributed by atoms with Gasteiger partial charge in [-0.3, -0.25) is 19.2 Å².